The molecule has 1 rings (SSSR count). The van der Waals surface area contributed by atoms with E-state index in [0.717, 1.165) is 11.8 Å². The number of hydrogen-bond donors (Lipinski definition) is 1. The second-order valence-electron chi connectivity index (χ2n) is 3.54. The van der Waals surface area contributed by atoms with Gasteiger partial charge in [-0.3, -0.25) is 0 Å². The fourth-order valence-electron chi connectivity index (χ4n) is 1.15. The molecule has 0 bridgehead atoms. The van der Waals surface area contributed by atoms with Crippen molar-refractivity contribution < 1.29 is 13.5 Å². The third kappa shape index (κ3) is 3.29. The summed E-state index contributed by atoms with van der Waals surface area (Å²) < 4.78 is 21.4. The highest BCUT2D eigenvalue weighted by molar-refractivity contribution is 9.11. The van der Waals surface area contributed by atoms with Crippen LogP contribution in [-0.4, -0.2) is 23.9 Å². The maximum absolute atomic E-state index is 11.2. The van der Waals surface area contributed by atoms with Gasteiger partial charge in [-0.2, -0.15) is 0 Å². The summed E-state index contributed by atoms with van der Waals surface area (Å²) in [4.78, 5) is 0. The van der Waals surface area contributed by atoms with Gasteiger partial charge in [0, 0.05) is 6.26 Å². The lowest BCUT2D eigenvalue weighted by molar-refractivity contribution is 0.195. The van der Waals surface area contributed by atoms with Crippen molar-refractivity contribution in [3.63, 3.8) is 0 Å². The van der Waals surface area contributed by atoms with Crippen LogP contribution >= 0.6 is 15.9 Å². The van der Waals surface area contributed by atoms with E-state index in [9.17, 15) is 13.5 Å². The molecule has 3 nitrogen and oxygen atoms in total. The summed E-state index contributed by atoms with van der Waals surface area (Å²) >= 11 is 2.98. The van der Waals surface area contributed by atoms with Crippen LogP contribution in [0.2, 0.25) is 0 Å². The zero-order chi connectivity index (χ0) is 11.6. The van der Waals surface area contributed by atoms with Crippen LogP contribution in [0.15, 0.2) is 24.3 Å². The van der Waals surface area contributed by atoms with Crippen LogP contribution in [0, 0.1) is 6.92 Å². The summed E-state index contributed by atoms with van der Waals surface area (Å²) in [5.74, 6) is 0. The van der Waals surface area contributed by atoms with E-state index in [4.69, 9.17) is 0 Å². The highest BCUT2D eigenvalue weighted by Gasteiger charge is 2.26. The Morgan fingerprint density at radius 1 is 1.27 bits per heavy atom. The fraction of sp³-hybridized carbons (Fsp3) is 0.400. The van der Waals surface area contributed by atoms with Crippen LogP contribution in [0.3, 0.4) is 0 Å². The van der Waals surface area contributed by atoms with Crippen molar-refractivity contribution in [2.24, 2.45) is 0 Å². The molecular weight excluding hydrogens is 280 g/mol. The highest BCUT2D eigenvalue weighted by Crippen LogP contribution is 2.26. The van der Waals surface area contributed by atoms with Crippen molar-refractivity contribution in [2.45, 2.75) is 17.2 Å². The molecule has 2 unspecified atom stereocenters. The molecule has 1 N–H and O–H groups in total. The summed E-state index contributed by atoms with van der Waals surface area (Å²) in [6, 6.07) is 7.11. The largest absolute Gasteiger partial charge is 0.386 e. The molecule has 1 aromatic rings. The zero-order valence-electron chi connectivity index (χ0n) is 8.51. The number of benzene rings is 1. The standard InChI is InChI=1S/C10H13BrO3S/c1-7-3-5-8(6-4-7)9(12)10(11)15(2,13)14/h3-6,9-10,12H,1-2H3. The molecular formula is C10H13BrO3S. The first kappa shape index (κ1) is 12.7. The Labute approximate surface area is 98.2 Å². The Morgan fingerprint density at radius 2 is 1.73 bits per heavy atom. The first-order valence-electron chi connectivity index (χ1n) is 4.40. The first-order chi connectivity index (χ1) is 6.82. The fourth-order valence-corrected chi connectivity index (χ4v) is 2.08. The molecule has 0 heterocycles. The molecule has 0 spiro atoms. The van der Waals surface area contributed by atoms with E-state index in [-0.39, 0.29) is 0 Å². The van der Waals surface area contributed by atoms with Gasteiger partial charge in [0.15, 0.2) is 9.84 Å². The van der Waals surface area contributed by atoms with E-state index < -0.39 is 20.1 Å². The zero-order valence-corrected chi connectivity index (χ0v) is 10.9. The minimum atomic E-state index is -3.29. The minimum Gasteiger partial charge on any atom is -0.386 e. The summed E-state index contributed by atoms with van der Waals surface area (Å²) in [5, 5.41) is 9.79. The first-order valence-corrected chi connectivity index (χ1v) is 7.27. The number of aliphatic hydroxyl groups excluding tert-OH is 1. The Bertz CT molecular complexity index is 424. The SMILES string of the molecule is Cc1ccc(C(O)C(Br)S(C)(=O)=O)cc1. The summed E-state index contributed by atoms with van der Waals surface area (Å²) in [6.07, 6.45) is 0.0460. The van der Waals surface area contributed by atoms with Gasteiger partial charge in [0.1, 0.15) is 10.3 Å². The lowest BCUT2D eigenvalue weighted by Crippen LogP contribution is -2.21. The topological polar surface area (TPSA) is 54.4 Å². The van der Waals surface area contributed by atoms with Crippen LogP contribution < -0.4 is 0 Å². The Morgan fingerprint density at radius 3 is 2.13 bits per heavy atom. The quantitative estimate of drug-likeness (QED) is 0.865. The average molecular weight is 293 g/mol. The van der Waals surface area contributed by atoms with Crippen molar-refractivity contribution in [1.29, 1.82) is 0 Å². The van der Waals surface area contributed by atoms with Gasteiger partial charge in [-0.25, -0.2) is 8.42 Å². The molecule has 0 aromatic heterocycles. The van der Waals surface area contributed by atoms with Gasteiger partial charge in [0.05, 0.1) is 0 Å². The molecule has 5 heteroatoms. The van der Waals surface area contributed by atoms with Crippen LogP contribution in [0.25, 0.3) is 0 Å². The summed E-state index contributed by atoms with van der Waals surface area (Å²) in [5.41, 5.74) is 1.66. The molecule has 0 radical (unpaired) electrons. The van der Waals surface area contributed by atoms with Gasteiger partial charge in [0.25, 0.3) is 0 Å². The maximum atomic E-state index is 11.2. The summed E-state index contributed by atoms with van der Waals surface area (Å²) in [6.45, 7) is 1.93. The molecule has 1 aromatic carbocycles. The third-order valence-electron chi connectivity index (χ3n) is 2.08. The number of aryl methyl sites for hydroxylation is 1. The van der Waals surface area contributed by atoms with Gasteiger partial charge in [0.2, 0.25) is 0 Å². The molecule has 84 valence electrons. The van der Waals surface area contributed by atoms with Crippen molar-refractivity contribution in [1.82, 2.24) is 0 Å². The number of hydrogen-bond acceptors (Lipinski definition) is 3. The van der Waals surface area contributed by atoms with Crippen molar-refractivity contribution >= 4 is 25.8 Å². The van der Waals surface area contributed by atoms with Gasteiger partial charge in [-0.15, -0.1) is 0 Å². The predicted octanol–water partition coefficient (Wildman–Crippen LogP) is 1.79. The molecule has 0 saturated carbocycles. The van der Waals surface area contributed by atoms with Gasteiger partial charge >= 0.3 is 0 Å². The molecule has 0 aliphatic carbocycles. The minimum absolute atomic E-state index is 0.591. The summed E-state index contributed by atoms with van der Waals surface area (Å²) in [7, 11) is -3.29. The number of alkyl halides is 1. The highest BCUT2D eigenvalue weighted by atomic mass is 79.9. The van der Waals surface area contributed by atoms with Crippen LogP contribution in [0.4, 0.5) is 0 Å². The van der Waals surface area contributed by atoms with E-state index in [1.807, 2.05) is 19.1 Å². The molecule has 0 fully saturated rings. The van der Waals surface area contributed by atoms with Gasteiger partial charge in [-0.1, -0.05) is 45.8 Å². The van der Waals surface area contributed by atoms with Gasteiger partial charge in [-0.05, 0) is 12.5 Å². The van der Waals surface area contributed by atoms with Crippen LogP contribution in [-0.2, 0) is 9.84 Å². The Hall–Kier alpha value is -0.390. The monoisotopic (exact) mass is 292 g/mol. The Kier molecular flexibility index (Phi) is 3.92. The predicted molar refractivity (Wildman–Crippen MR) is 63.7 cm³/mol. The van der Waals surface area contributed by atoms with Crippen LogP contribution in [0.1, 0.15) is 17.2 Å². The molecule has 0 aliphatic rings. The van der Waals surface area contributed by atoms with Crippen molar-refractivity contribution in [3.8, 4) is 0 Å². The number of sulfone groups is 1. The average Bonchev–Trinajstić information content (AvgIpc) is 2.15. The van der Waals surface area contributed by atoms with E-state index in [1.165, 1.54) is 0 Å². The number of rotatable bonds is 3. The van der Waals surface area contributed by atoms with E-state index in [2.05, 4.69) is 15.9 Å². The smallest absolute Gasteiger partial charge is 0.163 e. The molecule has 0 amide bonds. The lowest BCUT2D eigenvalue weighted by atomic mass is 10.1. The van der Waals surface area contributed by atoms with Gasteiger partial charge < -0.3 is 5.11 Å². The lowest BCUT2D eigenvalue weighted by Gasteiger charge is -2.16. The third-order valence-corrected chi connectivity index (χ3v) is 5.69. The van der Waals surface area contributed by atoms with Crippen molar-refractivity contribution in [3.05, 3.63) is 35.4 Å². The van der Waals surface area contributed by atoms with E-state index in [1.54, 1.807) is 12.1 Å². The van der Waals surface area contributed by atoms with Crippen molar-refractivity contribution in [2.75, 3.05) is 6.26 Å². The molecule has 2 atom stereocenters. The second kappa shape index (κ2) is 4.63. The normalized spacial score (nSPS) is 16.0. The number of aliphatic hydroxyl groups is 1. The Balaban J connectivity index is 2.95. The second-order valence-corrected chi connectivity index (χ2v) is 7.30. The van der Waals surface area contributed by atoms with E-state index >= 15 is 0 Å². The number of halogens is 1. The molecule has 15 heavy (non-hydrogen) atoms. The van der Waals surface area contributed by atoms with E-state index in [0.29, 0.717) is 5.56 Å². The molecule has 0 aliphatic heterocycles. The maximum Gasteiger partial charge on any atom is 0.163 e. The molecule has 0 saturated heterocycles. The van der Waals surface area contributed by atoms with Crippen LogP contribution in [0.5, 0.6) is 0 Å².